The maximum Gasteiger partial charge on any atom is 0.328 e. The Balaban J connectivity index is 2.09. The number of carbonyl (C=O) groups excluding carboxylic acids is 1. The third-order valence-electron chi connectivity index (χ3n) is 2.74. The molecule has 0 aliphatic carbocycles. The van der Waals surface area contributed by atoms with E-state index >= 15 is 0 Å². The fourth-order valence-electron chi connectivity index (χ4n) is 1.90. The van der Waals surface area contributed by atoms with E-state index in [1.165, 1.54) is 0 Å². The third-order valence-corrected chi connectivity index (χ3v) is 2.74. The second-order valence-corrected chi connectivity index (χ2v) is 3.98. The van der Waals surface area contributed by atoms with Crippen LogP contribution in [-0.2, 0) is 16.0 Å². The van der Waals surface area contributed by atoms with Crippen LogP contribution in [0.2, 0.25) is 0 Å². The first-order chi connectivity index (χ1) is 8.22. The molecule has 0 bridgehead atoms. The van der Waals surface area contributed by atoms with E-state index < -0.39 is 0 Å². The number of pyridine rings is 1. The van der Waals surface area contributed by atoms with E-state index in [4.69, 9.17) is 4.74 Å². The van der Waals surface area contributed by atoms with Crippen molar-refractivity contribution in [3.63, 3.8) is 0 Å². The highest BCUT2D eigenvalue weighted by Gasteiger charge is 2.19. The molecule has 0 spiro atoms. The molecule has 0 fully saturated rings. The lowest BCUT2D eigenvalue weighted by Crippen LogP contribution is -2.28. The number of nitrogens with one attached hydrogen (secondary N) is 2. The minimum absolute atomic E-state index is 0.232. The first kappa shape index (κ1) is 11.7. The predicted octanol–water partition coefficient (Wildman–Crippen LogP) is 1.41. The Morgan fingerprint density at radius 1 is 1.71 bits per heavy atom. The fourth-order valence-corrected chi connectivity index (χ4v) is 1.90. The van der Waals surface area contributed by atoms with Crippen LogP contribution in [0.1, 0.15) is 19.4 Å². The van der Waals surface area contributed by atoms with Crippen LogP contribution >= 0.6 is 0 Å². The van der Waals surface area contributed by atoms with Crippen molar-refractivity contribution in [3.05, 3.63) is 17.8 Å². The molecule has 1 aliphatic rings. The topological polar surface area (TPSA) is 63.2 Å². The van der Waals surface area contributed by atoms with Crippen LogP contribution in [0.4, 0.5) is 11.5 Å². The Kier molecular flexibility index (Phi) is 3.46. The molecule has 92 valence electrons. The average Bonchev–Trinajstić information content (AvgIpc) is 2.78. The van der Waals surface area contributed by atoms with Crippen molar-refractivity contribution in [2.45, 2.75) is 26.3 Å². The number of fused-ring (bicyclic) bond motifs is 1. The molecule has 2 heterocycles. The van der Waals surface area contributed by atoms with Crippen molar-refractivity contribution in [2.24, 2.45) is 0 Å². The van der Waals surface area contributed by atoms with Gasteiger partial charge in [-0.2, -0.15) is 0 Å². The number of rotatable bonds is 4. The molecule has 0 saturated carbocycles. The molecule has 0 radical (unpaired) electrons. The highest BCUT2D eigenvalue weighted by atomic mass is 16.5. The standard InChI is InChI=1S/C12H17N3O2/c1-3-17-12(16)8(2)15-10-5-7-14-11-9(10)4-6-13-11/h5,7-8H,3-4,6H2,1-2H3,(H2,13,14,15). The number of hydrogen-bond donors (Lipinski definition) is 2. The van der Waals surface area contributed by atoms with Gasteiger partial charge in [0.15, 0.2) is 0 Å². The average molecular weight is 235 g/mol. The van der Waals surface area contributed by atoms with Gasteiger partial charge in [-0.25, -0.2) is 9.78 Å². The summed E-state index contributed by atoms with van der Waals surface area (Å²) in [7, 11) is 0. The highest BCUT2D eigenvalue weighted by molar-refractivity contribution is 5.80. The molecule has 0 aromatic carbocycles. The maximum atomic E-state index is 11.5. The molecule has 5 heteroatoms. The number of esters is 1. The van der Waals surface area contributed by atoms with Crippen LogP contribution in [-0.4, -0.2) is 30.1 Å². The summed E-state index contributed by atoms with van der Waals surface area (Å²) in [5.74, 6) is 0.676. The number of aromatic nitrogens is 1. The number of ether oxygens (including phenoxy) is 1. The molecule has 1 unspecified atom stereocenters. The molecular formula is C12H17N3O2. The van der Waals surface area contributed by atoms with Crippen LogP contribution in [0.15, 0.2) is 12.3 Å². The summed E-state index contributed by atoms with van der Waals surface area (Å²) in [6, 6.07) is 1.55. The van der Waals surface area contributed by atoms with Gasteiger partial charge < -0.3 is 15.4 Å². The molecule has 1 aromatic rings. The van der Waals surface area contributed by atoms with E-state index in [0.29, 0.717) is 6.61 Å². The summed E-state index contributed by atoms with van der Waals surface area (Å²) >= 11 is 0. The van der Waals surface area contributed by atoms with Crippen LogP contribution in [0.5, 0.6) is 0 Å². The maximum absolute atomic E-state index is 11.5. The second-order valence-electron chi connectivity index (χ2n) is 3.98. The van der Waals surface area contributed by atoms with Crippen molar-refractivity contribution >= 4 is 17.5 Å². The molecule has 0 saturated heterocycles. The number of hydrogen-bond acceptors (Lipinski definition) is 5. The van der Waals surface area contributed by atoms with E-state index in [2.05, 4.69) is 15.6 Å². The summed E-state index contributed by atoms with van der Waals surface area (Å²) < 4.78 is 4.96. The van der Waals surface area contributed by atoms with E-state index in [-0.39, 0.29) is 12.0 Å². The van der Waals surface area contributed by atoms with Gasteiger partial charge in [-0.1, -0.05) is 0 Å². The SMILES string of the molecule is CCOC(=O)C(C)Nc1ccnc2c1CCN2. The van der Waals surface area contributed by atoms with Crippen molar-refractivity contribution < 1.29 is 9.53 Å². The second kappa shape index (κ2) is 5.03. The summed E-state index contributed by atoms with van der Waals surface area (Å²) in [6.45, 7) is 4.90. The van der Waals surface area contributed by atoms with Crippen molar-refractivity contribution in [3.8, 4) is 0 Å². The summed E-state index contributed by atoms with van der Waals surface area (Å²) in [5, 5.41) is 6.37. The lowest BCUT2D eigenvalue weighted by atomic mass is 10.1. The first-order valence-electron chi connectivity index (χ1n) is 5.87. The van der Waals surface area contributed by atoms with Gasteiger partial charge in [0.2, 0.25) is 0 Å². The molecule has 2 rings (SSSR count). The van der Waals surface area contributed by atoms with Gasteiger partial charge in [0, 0.05) is 24.0 Å². The predicted molar refractivity (Wildman–Crippen MR) is 66.1 cm³/mol. The summed E-state index contributed by atoms with van der Waals surface area (Å²) in [4.78, 5) is 15.8. The zero-order valence-electron chi connectivity index (χ0n) is 10.1. The quantitative estimate of drug-likeness (QED) is 0.773. The van der Waals surface area contributed by atoms with Crippen LogP contribution in [0.3, 0.4) is 0 Å². The zero-order chi connectivity index (χ0) is 12.3. The smallest absolute Gasteiger partial charge is 0.328 e. The highest BCUT2D eigenvalue weighted by Crippen LogP contribution is 2.27. The molecule has 1 atom stereocenters. The van der Waals surface area contributed by atoms with Crippen molar-refractivity contribution in [2.75, 3.05) is 23.8 Å². The monoisotopic (exact) mass is 235 g/mol. The first-order valence-corrected chi connectivity index (χ1v) is 5.87. The Labute approximate surface area is 101 Å². The van der Waals surface area contributed by atoms with Crippen LogP contribution in [0, 0.1) is 0 Å². The molecule has 2 N–H and O–H groups in total. The van der Waals surface area contributed by atoms with Gasteiger partial charge in [-0.05, 0) is 26.3 Å². The Morgan fingerprint density at radius 3 is 3.29 bits per heavy atom. The van der Waals surface area contributed by atoms with Crippen molar-refractivity contribution in [1.82, 2.24) is 4.98 Å². The van der Waals surface area contributed by atoms with Gasteiger partial charge in [-0.3, -0.25) is 0 Å². The Hall–Kier alpha value is -1.78. The summed E-state index contributed by atoms with van der Waals surface area (Å²) in [5.41, 5.74) is 2.10. The molecule has 0 amide bonds. The number of carbonyl (C=O) groups is 1. The van der Waals surface area contributed by atoms with Crippen LogP contribution < -0.4 is 10.6 Å². The van der Waals surface area contributed by atoms with Gasteiger partial charge in [-0.15, -0.1) is 0 Å². The fraction of sp³-hybridized carbons (Fsp3) is 0.500. The van der Waals surface area contributed by atoms with Gasteiger partial charge in [0.25, 0.3) is 0 Å². The van der Waals surface area contributed by atoms with Crippen molar-refractivity contribution in [1.29, 1.82) is 0 Å². The molecule has 1 aromatic heterocycles. The van der Waals surface area contributed by atoms with E-state index in [9.17, 15) is 4.79 Å². The van der Waals surface area contributed by atoms with Gasteiger partial charge in [0.05, 0.1) is 6.61 Å². The lowest BCUT2D eigenvalue weighted by molar-refractivity contribution is -0.143. The normalized spacial score (nSPS) is 14.7. The molecule has 5 nitrogen and oxygen atoms in total. The molecular weight excluding hydrogens is 218 g/mol. The zero-order valence-corrected chi connectivity index (χ0v) is 10.1. The third kappa shape index (κ3) is 2.49. The largest absolute Gasteiger partial charge is 0.464 e. The number of nitrogens with zero attached hydrogens (tertiary/aromatic N) is 1. The van der Waals surface area contributed by atoms with Gasteiger partial charge >= 0.3 is 5.97 Å². The lowest BCUT2D eigenvalue weighted by Gasteiger charge is -2.15. The van der Waals surface area contributed by atoms with E-state index in [1.54, 1.807) is 20.0 Å². The van der Waals surface area contributed by atoms with E-state index in [0.717, 1.165) is 30.0 Å². The van der Waals surface area contributed by atoms with E-state index in [1.807, 2.05) is 6.07 Å². The molecule has 1 aliphatic heterocycles. The number of anilines is 2. The van der Waals surface area contributed by atoms with Gasteiger partial charge in [0.1, 0.15) is 11.9 Å². The Morgan fingerprint density at radius 2 is 2.53 bits per heavy atom. The summed E-state index contributed by atoms with van der Waals surface area (Å²) in [6.07, 6.45) is 2.67. The molecule has 17 heavy (non-hydrogen) atoms. The minimum Gasteiger partial charge on any atom is -0.464 e. The minimum atomic E-state index is -0.345. The van der Waals surface area contributed by atoms with Crippen LogP contribution in [0.25, 0.3) is 0 Å². The Bertz CT molecular complexity index is 420.